The third-order valence-corrected chi connectivity index (χ3v) is 3.93. The van der Waals surface area contributed by atoms with Gasteiger partial charge in [0.2, 0.25) is 0 Å². The highest BCUT2D eigenvalue weighted by atomic mass is 79.9. The van der Waals surface area contributed by atoms with Crippen LogP contribution in [0.1, 0.15) is 23.7 Å². The van der Waals surface area contributed by atoms with E-state index in [2.05, 4.69) is 27.5 Å². The second kappa shape index (κ2) is 6.91. The second-order valence-corrected chi connectivity index (χ2v) is 5.64. The summed E-state index contributed by atoms with van der Waals surface area (Å²) in [5, 5.41) is 2.96. The first-order valence-electron chi connectivity index (χ1n) is 5.40. The maximum absolute atomic E-state index is 12.0. The first-order valence-corrected chi connectivity index (χ1v) is 7.58. The monoisotopic (exact) mass is 316 g/mol. The Morgan fingerprint density at radius 1 is 1.59 bits per heavy atom. The van der Waals surface area contributed by atoms with Crippen molar-refractivity contribution in [1.82, 2.24) is 5.32 Å². The Kier molecular flexibility index (Phi) is 5.85. The minimum atomic E-state index is -0.0854. The SMILES string of the molecule is CSCCC(C)NC(=O)c1cccc(N)c1Br. The molecule has 0 aromatic heterocycles. The summed E-state index contributed by atoms with van der Waals surface area (Å²) in [7, 11) is 0. The predicted octanol–water partition coefficient (Wildman–Crippen LogP) is 2.90. The number of nitrogens with one attached hydrogen (secondary N) is 1. The molecule has 0 aliphatic rings. The van der Waals surface area contributed by atoms with Gasteiger partial charge < -0.3 is 11.1 Å². The lowest BCUT2D eigenvalue weighted by atomic mass is 10.1. The zero-order valence-electron chi connectivity index (χ0n) is 10.00. The second-order valence-electron chi connectivity index (χ2n) is 3.86. The van der Waals surface area contributed by atoms with Crippen molar-refractivity contribution in [3.8, 4) is 0 Å². The van der Waals surface area contributed by atoms with Crippen molar-refractivity contribution in [2.75, 3.05) is 17.7 Å². The summed E-state index contributed by atoms with van der Waals surface area (Å²) in [6, 6.07) is 5.47. The van der Waals surface area contributed by atoms with Gasteiger partial charge in [0, 0.05) is 11.7 Å². The van der Waals surface area contributed by atoms with Gasteiger partial charge in [-0.25, -0.2) is 0 Å². The van der Waals surface area contributed by atoms with Gasteiger partial charge in [0.25, 0.3) is 5.91 Å². The minimum Gasteiger partial charge on any atom is -0.398 e. The highest BCUT2D eigenvalue weighted by molar-refractivity contribution is 9.10. The van der Waals surface area contributed by atoms with E-state index >= 15 is 0 Å². The quantitative estimate of drug-likeness (QED) is 0.821. The largest absolute Gasteiger partial charge is 0.398 e. The molecule has 0 saturated carbocycles. The van der Waals surface area contributed by atoms with Gasteiger partial charge in [0.1, 0.15) is 0 Å². The molecule has 94 valence electrons. The van der Waals surface area contributed by atoms with Crippen LogP contribution in [-0.2, 0) is 0 Å². The molecule has 3 nitrogen and oxygen atoms in total. The van der Waals surface area contributed by atoms with Crippen LogP contribution in [0.4, 0.5) is 5.69 Å². The number of hydrogen-bond acceptors (Lipinski definition) is 3. The molecule has 1 unspecified atom stereocenters. The van der Waals surface area contributed by atoms with E-state index in [-0.39, 0.29) is 11.9 Å². The number of nitrogen functional groups attached to an aromatic ring is 1. The Hall–Kier alpha value is -0.680. The van der Waals surface area contributed by atoms with Gasteiger partial charge in [-0.2, -0.15) is 11.8 Å². The number of carbonyl (C=O) groups excluding carboxylic acids is 1. The van der Waals surface area contributed by atoms with Gasteiger partial charge in [0.05, 0.1) is 10.0 Å². The van der Waals surface area contributed by atoms with Gasteiger partial charge in [-0.05, 0) is 53.4 Å². The Bertz CT molecular complexity index is 398. The first-order chi connectivity index (χ1) is 8.06. The molecule has 0 aliphatic heterocycles. The zero-order chi connectivity index (χ0) is 12.8. The van der Waals surface area contributed by atoms with Crippen LogP contribution in [0, 0.1) is 0 Å². The van der Waals surface area contributed by atoms with Crippen LogP contribution >= 0.6 is 27.7 Å². The fourth-order valence-corrected chi connectivity index (χ4v) is 2.43. The predicted molar refractivity (Wildman–Crippen MR) is 78.5 cm³/mol. The molecule has 0 aliphatic carbocycles. The lowest BCUT2D eigenvalue weighted by Crippen LogP contribution is -2.33. The van der Waals surface area contributed by atoms with Crippen molar-refractivity contribution in [3.05, 3.63) is 28.2 Å². The fourth-order valence-electron chi connectivity index (χ4n) is 1.39. The van der Waals surface area contributed by atoms with Crippen LogP contribution in [0.3, 0.4) is 0 Å². The van der Waals surface area contributed by atoms with Crippen LogP contribution < -0.4 is 11.1 Å². The minimum absolute atomic E-state index is 0.0854. The van der Waals surface area contributed by atoms with E-state index in [9.17, 15) is 4.79 Å². The maximum atomic E-state index is 12.0. The molecule has 1 amide bonds. The van der Waals surface area contributed by atoms with E-state index < -0.39 is 0 Å². The zero-order valence-corrected chi connectivity index (χ0v) is 12.4. The summed E-state index contributed by atoms with van der Waals surface area (Å²) >= 11 is 5.11. The van der Waals surface area contributed by atoms with Crippen LogP contribution in [0.15, 0.2) is 22.7 Å². The summed E-state index contributed by atoms with van der Waals surface area (Å²) in [4.78, 5) is 12.0. The van der Waals surface area contributed by atoms with Crippen LogP contribution in [0.25, 0.3) is 0 Å². The number of rotatable bonds is 5. The average Bonchev–Trinajstić information content (AvgIpc) is 2.29. The molecular formula is C12H17BrN2OS. The van der Waals surface area contributed by atoms with E-state index in [0.29, 0.717) is 15.7 Å². The van der Waals surface area contributed by atoms with Crippen LogP contribution in [-0.4, -0.2) is 24.0 Å². The molecule has 1 aromatic rings. The smallest absolute Gasteiger partial charge is 0.252 e. The Morgan fingerprint density at radius 3 is 2.94 bits per heavy atom. The number of nitrogens with two attached hydrogens (primary N) is 1. The van der Waals surface area contributed by atoms with Crippen molar-refractivity contribution < 1.29 is 4.79 Å². The van der Waals surface area contributed by atoms with Gasteiger partial charge in [-0.15, -0.1) is 0 Å². The summed E-state index contributed by atoms with van der Waals surface area (Å²) < 4.78 is 0.662. The Labute approximate surface area is 115 Å². The van der Waals surface area contributed by atoms with Gasteiger partial charge in [0.15, 0.2) is 0 Å². The number of amides is 1. The highest BCUT2D eigenvalue weighted by Gasteiger charge is 2.13. The average molecular weight is 317 g/mol. The van der Waals surface area contributed by atoms with Crippen molar-refractivity contribution in [2.24, 2.45) is 0 Å². The topological polar surface area (TPSA) is 55.1 Å². The number of thioether (sulfide) groups is 1. The molecule has 3 N–H and O–H groups in total. The number of anilines is 1. The molecule has 17 heavy (non-hydrogen) atoms. The highest BCUT2D eigenvalue weighted by Crippen LogP contribution is 2.23. The molecule has 0 fully saturated rings. The van der Waals surface area contributed by atoms with Crippen molar-refractivity contribution in [1.29, 1.82) is 0 Å². The fraction of sp³-hybridized carbons (Fsp3) is 0.417. The number of carbonyl (C=O) groups is 1. The van der Waals surface area contributed by atoms with Crippen molar-refractivity contribution >= 4 is 39.3 Å². The van der Waals surface area contributed by atoms with Crippen LogP contribution in [0.2, 0.25) is 0 Å². The molecular weight excluding hydrogens is 300 g/mol. The van der Waals surface area contributed by atoms with E-state index in [4.69, 9.17) is 5.73 Å². The maximum Gasteiger partial charge on any atom is 0.252 e. The normalized spacial score (nSPS) is 12.2. The van der Waals surface area contributed by atoms with Gasteiger partial charge in [-0.3, -0.25) is 4.79 Å². The standard InChI is InChI=1S/C12H17BrN2OS/c1-8(6-7-17-2)15-12(16)9-4-3-5-10(14)11(9)13/h3-5,8H,6-7,14H2,1-2H3,(H,15,16). The Morgan fingerprint density at radius 2 is 2.29 bits per heavy atom. The van der Waals surface area contributed by atoms with Crippen molar-refractivity contribution in [3.63, 3.8) is 0 Å². The Balaban J connectivity index is 2.67. The number of hydrogen-bond donors (Lipinski definition) is 2. The molecule has 1 rings (SSSR count). The van der Waals surface area contributed by atoms with Crippen LogP contribution in [0.5, 0.6) is 0 Å². The molecule has 5 heteroatoms. The molecule has 0 bridgehead atoms. The summed E-state index contributed by atoms with van der Waals surface area (Å²) in [6.07, 6.45) is 3.02. The van der Waals surface area contributed by atoms with E-state index in [0.717, 1.165) is 12.2 Å². The summed E-state index contributed by atoms with van der Waals surface area (Å²) in [6.45, 7) is 2.01. The van der Waals surface area contributed by atoms with Gasteiger partial charge >= 0.3 is 0 Å². The summed E-state index contributed by atoms with van der Waals surface area (Å²) in [5.41, 5.74) is 6.90. The molecule has 1 aromatic carbocycles. The molecule has 0 spiro atoms. The summed E-state index contributed by atoms with van der Waals surface area (Å²) in [5.74, 6) is 0.956. The van der Waals surface area contributed by atoms with E-state index in [1.807, 2.05) is 6.92 Å². The lowest BCUT2D eigenvalue weighted by Gasteiger charge is -2.14. The van der Waals surface area contributed by atoms with E-state index in [1.54, 1.807) is 30.0 Å². The molecule has 0 radical (unpaired) electrons. The third kappa shape index (κ3) is 4.24. The van der Waals surface area contributed by atoms with Gasteiger partial charge in [-0.1, -0.05) is 6.07 Å². The number of benzene rings is 1. The van der Waals surface area contributed by atoms with Crippen molar-refractivity contribution in [2.45, 2.75) is 19.4 Å². The lowest BCUT2D eigenvalue weighted by molar-refractivity contribution is 0.0939. The molecule has 0 heterocycles. The third-order valence-electron chi connectivity index (χ3n) is 2.41. The molecule has 1 atom stereocenters. The van der Waals surface area contributed by atoms with E-state index in [1.165, 1.54) is 0 Å². The number of halogens is 1. The first kappa shape index (κ1) is 14.4. The molecule has 0 saturated heterocycles.